The molecule has 5 N–H and O–H groups in total. The first-order valence-electron chi connectivity index (χ1n) is 18.4. The van der Waals surface area contributed by atoms with Crippen molar-refractivity contribution in [2.24, 2.45) is 5.73 Å². The van der Waals surface area contributed by atoms with Gasteiger partial charge in [-0.3, -0.25) is 24.0 Å². The van der Waals surface area contributed by atoms with Gasteiger partial charge in [0.25, 0.3) is 5.91 Å². The smallest absolute Gasteiger partial charge is 0.335 e. The van der Waals surface area contributed by atoms with Crippen LogP contribution in [0.4, 0.5) is 0 Å². The summed E-state index contributed by atoms with van der Waals surface area (Å²) in [6.07, 6.45) is -1.29. The lowest BCUT2D eigenvalue weighted by Crippen LogP contribution is -2.44. The lowest BCUT2D eigenvalue weighted by atomic mass is 9.95. The number of nitrogens with two attached hydrogens (primary N) is 1. The molecule has 0 aliphatic rings. The third-order valence-corrected chi connectivity index (χ3v) is 9.05. The highest BCUT2D eigenvalue weighted by Crippen LogP contribution is 2.36. The van der Waals surface area contributed by atoms with E-state index in [1.165, 1.54) is 48.5 Å². The predicted molar refractivity (Wildman–Crippen MR) is 217 cm³/mol. The van der Waals surface area contributed by atoms with Crippen molar-refractivity contribution >= 4 is 35.1 Å². The van der Waals surface area contributed by atoms with Crippen LogP contribution in [0.15, 0.2) is 109 Å². The number of carboxylic acid groups (broad SMARTS) is 1. The number of hydrogen-bond donors (Lipinski definition) is 4. The number of nitrogens with one attached hydrogen (secondary N) is 1. The van der Waals surface area contributed by atoms with Crippen LogP contribution in [-0.2, 0) is 28.9 Å². The monoisotopic (exact) mass is 789 g/mol. The Morgan fingerprint density at radius 3 is 1.75 bits per heavy atom. The molecule has 5 rings (SSSR count). The number of benzene rings is 5. The van der Waals surface area contributed by atoms with E-state index < -0.39 is 53.7 Å². The summed E-state index contributed by atoms with van der Waals surface area (Å²) in [5.41, 5.74) is 9.30. The third kappa shape index (κ3) is 11.6. The zero-order valence-corrected chi connectivity index (χ0v) is 32.2. The van der Waals surface area contributed by atoms with Gasteiger partial charge in [-0.25, -0.2) is 4.79 Å². The van der Waals surface area contributed by atoms with E-state index in [-0.39, 0.29) is 47.5 Å². The number of Topliss-reactive ketones (excluding diaryl/α,β-unsaturated/α-hetero) is 3. The summed E-state index contributed by atoms with van der Waals surface area (Å²) in [5, 5.41) is 31.8. The summed E-state index contributed by atoms with van der Waals surface area (Å²) in [5.74, 6) is 1.85. The van der Waals surface area contributed by atoms with E-state index in [1.54, 1.807) is 74.5 Å². The second-order valence-corrected chi connectivity index (χ2v) is 13.9. The first-order valence-corrected chi connectivity index (χ1v) is 18.4. The molecule has 296 valence electrons. The number of phenolic OH excluding ortho intramolecular Hbond substituents is 1. The minimum Gasteiger partial charge on any atom is -0.504 e. The maximum atomic E-state index is 13.4. The summed E-state index contributed by atoms with van der Waals surface area (Å²) in [4.78, 5) is 76.1. The van der Waals surface area contributed by atoms with Crippen LogP contribution in [0, 0.1) is 23.2 Å². The maximum absolute atomic E-state index is 13.4. The predicted octanol–water partition coefficient (Wildman–Crippen LogP) is 5.79. The molecule has 0 unspecified atom stereocenters. The van der Waals surface area contributed by atoms with Crippen molar-refractivity contribution in [3.63, 3.8) is 0 Å². The van der Waals surface area contributed by atoms with Crippen molar-refractivity contribution < 1.29 is 43.7 Å². The fourth-order valence-electron chi connectivity index (χ4n) is 5.96. The Hall–Kier alpha value is -7.83. The van der Waals surface area contributed by atoms with Crippen LogP contribution in [0.25, 0.3) is 0 Å². The Bertz CT molecular complexity index is 2510. The summed E-state index contributed by atoms with van der Waals surface area (Å²) >= 11 is 0. The standard InChI is InChI=1S/C47H39N3O9/c1-28(2)59-45-37(21-22-38(44(45)55)41(52)23-31-13-19-36(20-14-31)47(57)58)25-40(51)34-15-11-32(12-16-34)24-42(53)39(26-43(49)54)50-46(56)35-17-9-30(10-18-35)4-3-29-5-7-33(27-48)8-6-29/h5-22,28,39,55H,23-26H2,1-2H3,(H2,49,54)(H,50,56)(H,57,58)/t39-/m0/s1. The molecule has 0 aliphatic carbocycles. The van der Waals surface area contributed by atoms with Gasteiger partial charge < -0.3 is 26.0 Å². The van der Waals surface area contributed by atoms with E-state index in [9.17, 15) is 33.9 Å². The molecule has 1 atom stereocenters. The number of phenols is 1. The average Bonchev–Trinajstić information content (AvgIpc) is 3.21. The lowest BCUT2D eigenvalue weighted by molar-refractivity contribution is -0.125. The van der Waals surface area contributed by atoms with Gasteiger partial charge in [0.2, 0.25) is 5.91 Å². The number of primary amides is 1. The van der Waals surface area contributed by atoms with Gasteiger partial charge in [0.1, 0.15) is 0 Å². The highest BCUT2D eigenvalue weighted by molar-refractivity contribution is 6.02. The molecule has 12 heteroatoms. The molecule has 5 aromatic carbocycles. The third-order valence-electron chi connectivity index (χ3n) is 9.05. The number of hydrogen-bond acceptors (Lipinski definition) is 9. The second-order valence-electron chi connectivity index (χ2n) is 13.9. The summed E-state index contributed by atoms with van der Waals surface area (Å²) in [6.45, 7) is 3.47. The maximum Gasteiger partial charge on any atom is 0.335 e. The van der Waals surface area contributed by atoms with Gasteiger partial charge in [0.15, 0.2) is 28.8 Å². The zero-order valence-electron chi connectivity index (χ0n) is 32.2. The Morgan fingerprint density at radius 1 is 0.678 bits per heavy atom. The molecule has 0 aromatic heterocycles. The highest BCUT2D eigenvalue weighted by atomic mass is 16.5. The van der Waals surface area contributed by atoms with Gasteiger partial charge in [-0.2, -0.15) is 5.26 Å². The Balaban J connectivity index is 1.22. The van der Waals surface area contributed by atoms with Crippen LogP contribution in [-0.4, -0.2) is 57.5 Å². The lowest BCUT2D eigenvalue weighted by Gasteiger charge is -2.18. The molecule has 5 aromatic rings. The Labute approximate surface area is 340 Å². The van der Waals surface area contributed by atoms with Crippen molar-refractivity contribution in [2.75, 3.05) is 0 Å². The molecule has 0 spiro atoms. The van der Waals surface area contributed by atoms with E-state index >= 15 is 0 Å². The normalized spacial score (nSPS) is 11.0. The number of ether oxygens (including phenoxy) is 1. The SMILES string of the molecule is CC(C)Oc1c(CC(=O)c2ccc(CC(=O)[C@H](CC(N)=O)NC(=O)c3ccc(C#Cc4ccc(C#N)cc4)cc3)cc2)ccc(C(=O)Cc2ccc(C(=O)O)cc2)c1O. The second kappa shape index (κ2) is 19.4. The number of nitriles is 1. The number of carboxylic acids is 1. The average molecular weight is 790 g/mol. The van der Waals surface area contributed by atoms with Gasteiger partial charge in [0.05, 0.1) is 41.3 Å². The van der Waals surface area contributed by atoms with Crippen LogP contribution < -0.4 is 15.8 Å². The first-order chi connectivity index (χ1) is 28.2. The zero-order chi connectivity index (χ0) is 42.6. The van der Waals surface area contributed by atoms with Crippen LogP contribution in [0.3, 0.4) is 0 Å². The van der Waals surface area contributed by atoms with E-state index in [0.29, 0.717) is 38.9 Å². The molecule has 0 heterocycles. The number of rotatable bonds is 16. The topological polar surface area (TPSA) is 214 Å². The Morgan fingerprint density at radius 2 is 1.20 bits per heavy atom. The van der Waals surface area contributed by atoms with Gasteiger partial charge in [-0.05, 0) is 91.7 Å². The van der Waals surface area contributed by atoms with Crippen LogP contribution in [0.1, 0.15) is 95.1 Å². The summed E-state index contributed by atoms with van der Waals surface area (Å²) in [7, 11) is 0. The number of carbonyl (C=O) groups is 6. The molecule has 0 saturated heterocycles. The number of aromatic hydroxyl groups is 1. The van der Waals surface area contributed by atoms with E-state index in [2.05, 4.69) is 17.2 Å². The van der Waals surface area contributed by atoms with Crippen LogP contribution >= 0.6 is 0 Å². The van der Waals surface area contributed by atoms with Crippen molar-refractivity contribution in [3.8, 4) is 29.4 Å². The molecular formula is C47H39N3O9. The largest absolute Gasteiger partial charge is 0.504 e. The number of nitrogens with zero attached hydrogens (tertiary/aromatic N) is 1. The number of ketones is 3. The molecule has 0 radical (unpaired) electrons. The minimum absolute atomic E-state index is 0.00510. The molecule has 59 heavy (non-hydrogen) atoms. The number of aromatic carboxylic acids is 1. The van der Waals surface area contributed by atoms with E-state index in [1.807, 2.05) is 6.07 Å². The van der Waals surface area contributed by atoms with Crippen molar-refractivity contribution in [3.05, 3.63) is 165 Å². The van der Waals surface area contributed by atoms with Crippen LogP contribution in [0.5, 0.6) is 11.5 Å². The molecule has 0 fully saturated rings. The minimum atomic E-state index is -1.21. The fraction of sp³-hybridized carbons (Fsp3) is 0.170. The van der Waals surface area contributed by atoms with Gasteiger partial charge in [-0.1, -0.05) is 54.3 Å². The number of carbonyl (C=O) groups excluding carboxylic acids is 5. The van der Waals surface area contributed by atoms with Crippen molar-refractivity contribution in [1.29, 1.82) is 5.26 Å². The van der Waals surface area contributed by atoms with E-state index in [0.717, 1.165) is 0 Å². The number of amides is 2. The highest BCUT2D eigenvalue weighted by Gasteiger charge is 2.25. The first kappa shape index (κ1) is 42.3. The molecule has 0 aliphatic heterocycles. The van der Waals surface area contributed by atoms with Gasteiger partial charge in [-0.15, -0.1) is 0 Å². The molecule has 0 bridgehead atoms. The summed E-state index contributed by atoms with van der Waals surface area (Å²) < 4.78 is 5.87. The van der Waals surface area contributed by atoms with Gasteiger partial charge in [0, 0.05) is 47.1 Å². The van der Waals surface area contributed by atoms with Gasteiger partial charge >= 0.3 is 5.97 Å². The Kier molecular flexibility index (Phi) is 13.9. The van der Waals surface area contributed by atoms with Crippen LogP contribution in [0.2, 0.25) is 0 Å². The quantitative estimate of drug-likeness (QED) is 0.0698. The molecule has 0 saturated carbocycles. The van der Waals surface area contributed by atoms with Crippen molar-refractivity contribution in [2.45, 2.75) is 51.7 Å². The van der Waals surface area contributed by atoms with E-state index in [4.69, 9.17) is 20.8 Å². The van der Waals surface area contributed by atoms with Crippen molar-refractivity contribution in [1.82, 2.24) is 5.32 Å². The summed E-state index contributed by atoms with van der Waals surface area (Å²) in [6, 6.07) is 29.0. The molecule has 2 amide bonds. The molecular weight excluding hydrogens is 751 g/mol. The molecule has 12 nitrogen and oxygen atoms in total. The fourth-order valence-corrected chi connectivity index (χ4v) is 5.96.